The minimum absolute atomic E-state index is 0.00564. The van der Waals surface area contributed by atoms with Crippen LogP contribution in [0.25, 0.3) is 0 Å². The monoisotopic (exact) mass is 276 g/mol. The molecule has 0 aliphatic rings. The summed E-state index contributed by atoms with van der Waals surface area (Å²) in [5.74, 6) is -0.0984. The average Bonchev–Trinajstić information content (AvgIpc) is 2.39. The molecule has 1 rings (SSSR count). The summed E-state index contributed by atoms with van der Waals surface area (Å²) in [5.41, 5.74) is 1.41. The van der Waals surface area contributed by atoms with Gasteiger partial charge in [-0.1, -0.05) is 40.2 Å². The van der Waals surface area contributed by atoms with E-state index in [2.05, 4.69) is 17.6 Å². The number of anilines is 2. The zero-order valence-electron chi connectivity index (χ0n) is 12.7. The fourth-order valence-corrected chi connectivity index (χ4v) is 1.79. The Bertz CT molecular complexity index is 469. The van der Waals surface area contributed by atoms with Crippen LogP contribution in [-0.2, 0) is 9.59 Å². The summed E-state index contributed by atoms with van der Waals surface area (Å²) in [7, 11) is 0. The third kappa shape index (κ3) is 5.03. The molecule has 0 aromatic heterocycles. The van der Waals surface area contributed by atoms with Gasteiger partial charge in [0.25, 0.3) is 0 Å². The summed E-state index contributed by atoms with van der Waals surface area (Å²) >= 11 is 0. The molecule has 0 bridgehead atoms. The van der Waals surface area contributed by atoms with Crippen LogP contribution in [0.15, 0.2) is 24.3 Å². The highest BCUT2D eigenvalue weighted by Crippen LogP contribution is 2.17. The maximum Gasteiger partial charge on any atom is 0.227 e. The lowest BCUT2D eigenvalue weighted by molar-refractivity contribution is -0.120. The van der Waals surface area contributed by atoms with E-state index in [1.54, 1.807) is 6.07 Å². The highest BCUT2D eigenvalue weighted by atomic mass is 16.2. The van der Waals surface area contributed by atoms with Crippen LogP contribution in [0.4, 0.5) is 11.4 Å². The molecule has 4 heteroatoms. The van der Waals surface area contributed by atoms with Gasteiger partial charge in [0.1, 0.15) is 0 Å². The van der Waals surface area contributed by atoms with Gasteiger partial charge in [-0.3, -0.25) is 9.59 Å². The molecule has 4 nitrogen and oxygen atoms in total. The number of amides is 2. The molecule has 1 unspecified atom stereocenters. The Balaban J connectivity index is 2.68. The first-order valence-corrected chi connectivity index (χ1v) is 7.15. The standard InChI is InChI=1S/C16H24N2O2/c1-5-7-12(4)16(20)18-14-9-6-8-13(10-14)17-15(19)11(2)3/h6,8-12H,5,7H2,1-4H3,(H,17,19)(H,18,20). The van der Waals surface area contributed by atoms with Gasteiger partial charge < -0.3 is 10.6 Å². The van der Waals surface area contributed by atoms with E-state index in [0.717, 1.165) is 12.8 Å². The smallest absolute Gasteiger partial charge is 0.227 e. The van der Waals surface area contributed by atoms with Gasteiger partial charge in [-0.25, -0.2) is 0 Å². The van der Waals surface area contributed by atoms with Crippen LogP contribution in [0.1, 0.15) is 40.5 Å². The van der Waals surface area contributed by atoms with E-state index in [1.165, 1.54) is 0 Å². The maximum absolute atomic E-state index is 11.9. The van der Waals surface area contributed by atoms with Crippen LogP contribution < -0.4 is 10.6 Å². The number of nitrogens with one attached hydrogen (secondary N) is 2. The first kappa shape index (κ1) is 16.2. The molecule has 0 saturated carbocycles. The van der Waals surface area contributed by atoms with Gasteiger partial charge in [0.15, 0.2) is 0 Å². The molecule has 2 N–H and O–H groups in total. The highest BCUT2D eigenvalue weighted by Gasteiger charge is 2.12. The van der Waals surface area contributed by atoms with Crippen LogP contribution in [0.2, 0.25) is 0 Å². The minimum Gasteiger partial charge on any atom is -0.326 e. The van der Waals surface area contributed by atoms with E-state index in [0.29, 0.717) is 11.4 Å². The second-order valence-electron chi connectivity index (χ2n) is 5.40. The average molecular weight is 276 g/mol. The van der Waals surface area contributed by atoms with Gasteiger partial charge in [-0.05, 0) is 24.6 Å². The molecule has 20 heavy (non-hydrogen) atoms. The number of rotatable bonds is 6. The van der Waals surface area contributed by atoms with Crippen LogP contribution >= 0.6 is 0 Å². The van der Waals surface area contributed by atoms with Crippen molar-refractivity contribution in [2.75, 3.05) is 10.6 Å². The summed E-state index contributed by atoms with van der Waals surface area (Å²) in [6, 6.07) is 7.22. The lowest BCUT2D eigenvalue weighted by Gasteiger charge is -2.13. The molecule has 1 atom stereocenters. The van der Waals surface area contributed by atoms with Crippen LogP contribution in [0.3, 0.4) is 0 Å². The first-order valence-electron chi connectivity index (χ1n) is 7.15. The van der Waals surface area contributed by atoms with Gasteiger partial charge >= 0.3 is 0 Å². The molecule has 0 aliphatic heterocycles. The second-order valence-corrected chi connectivity index (χ2v) is 5.40. The highest BCUT2D eigenvalue weighted by molar-refractivity contribution is 5.95. The van der Waals surface area contributed by atoms with E-state index >= 15 is 0 Å². The predicted octanol–water partition coefficient (Wildman–Crippen LogP) is 3.66. The fourth-order valence-electron chi connectivity index (χ4n) is 1.79. The van der Waals surface area contributed by atoms with Crippen LogP contribution in [0.5, 0.6) is 0 Å². The van der Waals surface area contributed by atoms with Crippen LogP contribution in [-0.4, -0.2) is 11.8 Å². The first-order chi connectivity index (χ1) is 9.43. The topological polar surface area (TPSA) is 58.2 Å². The molecule has 2 amide bonds. The molecule has 110 valence electrons. The summed E-state index contributed by atoms with van der Waals surface area (Å²) in [6.07, 6.45) is 1.86. The number of benzene rings is 1. The van der Waals surface area contributed by atoms with E-state index in [-0.39, 0.29) is 23.7 Å². The Hall–Kier alpha value is -1.84. The molecular formula is C16H24N2O2. The minimum atomic E-state index is -0.0715. The molecule has 1 aromatic rings. The zero-order valence-corrected chi connectivity index (χ0v) is 12.7. The fraction of sp³-hybridized carbons (Fsp3) is 0.500. The summed E-state index contributed by atoms with van der Waals surface area (Å²) in [6.45, 7) is 7.66. The van der Waals surface area contributed by atoms with Crippen molar-refractivity contribution in [3.8, 4) is 0 Å². The Morgan fingerprint density at radius 1 is 1.05 bits per heavy atom. The Morgan fingerprint density at radius 3 is 2.10 bits per heavy atom. The van der Waals surface area contributed by atoms with Crippen molar-refractivity contribution in [1.29, 1.82) is 0 Å². The Morgan fingerprint density at radius 2 is 1.60 bits per heavy atom. The SMILES string of the molecule is CCCC(C)C(=O)Nc1cccc(NC(=O)C(C)C)c1. The molecular weight excluding hydrogens is 252 g/mol. The lowest BCUT2D eigenvalue weighted by atomic mass is 10.1. The third-order valence-corrected chi connectivity index (χ3v) is 3.09. The second kappa shape index (κ2) is 7.68. The molecule has 0 saturated heterocycles. The molecule has 0 heterocycles. The maximum atomic E-state index is 11.9. The Kier molecular flexibility index (Phi) is 6.22. The van der Waals surface area contributed by atoms with Crippen molar-refractivity contribution in [2.24, 2.45) is 11.8 Å². The van der Waals surface area contributed by atoms with Crippen LogP contribution in [0, 0.1) is 11.8 Å². The molecule has 0 radical (unpaired) electrons. The van der Waals surface area contributed by atoms with Gasteiger partial charge in [0.05, 0.1) is 0 Å². The van der Waals surface area contributed by atoms with Gasteiger partial charge in [-0.2, -0.15) is 0 Å². The summed E-state index contributed by atoms with van der Waals surface area (Å²) < 4.78 is 0. The number of carbonyl (C=O) groups excluding carboxylic acids is 2. The number of carbonyl (C=O) groups is 2. The number of hydrogen-bond donors (Lipinski definition) is 2. The quantitative estimate of drug-likeness (QED) is 0.833. The summed E-state index contributed by atoms with van der Waals surface area (Å²) in [5, 5.41) is 5.70. The van der Waals surface area contributed by atoms with Gasteiger partial charge in [-0.15, -0.1) is 0 Å². The van der Waals surface area contributed by atoms with Crippen molar-refractivity contribution >= 4 is 23.2 Å². The van der Waals surface area contributed by atoms with E-state index < -0.39 is 0 Å². The van der Waals surface area contributed by atoms with Crippen molar-refractivity contribution in [2.45, 2.75) is 40.5 Å². The molecule has 0 aliphatic carbocycles. The largest absolute Gasteiger partial charge is 0.326 e. The van der Waals surface area contributed by atoms with Crippen molar-refractivity contribution < 1.29 is 9.59 Å². The third-order valence-electron chi connectivity index (χ3n) is 3.09. The van der Waals surface area contributed by atoms with Gasteiger partial charge in [0.2, 0.25) is 11.8 Å². The molecule has 0 spiro atoms. The summed E-state index contributed by atoms with van der Waals surface area (Å²) in [4.78, 5) is 23.6. The lowest BCUT2D eigenvalue weighted by Crippen LogP contribution is -2.21. The molecule has 0 fully saturated rings. The van der Waals surface area contributed by atoms with E-state index in [9.17, 15) is 9.59 Å². The Labute approximate surface area is 121 Å². The normalized spacial score (nSPS) is 12.1. The van der Waals surface area contributed by atoms with E-state index in [1.807, 2.05) is 39.0 Å². The van der Waals surface area contributed by atoms with Crippen molar-refractivity contribution in [1.82, 2.24) is 0 Å². The number of hydrogen-bond acceptors (Lipinski definition) is 2. The van der Waals surface area contributed by atoms with Crippen molar-refractivity contribution in [3.05, 3.63) is 24.3 Å². The van der Waals surface area contributed by atoms with E-state index in [4.69, 9.17) is 0 Å². The predicted molar refractivity (Wildman–Crippen MR) is 82.6 cm³/mol. The van der Waals surface area contributed by atoms with Gasteiger partial charge in [0, 0.05) is 23.2 Å². The zero-order chi connectivity index (χ0) is 15.1. The molecule has 1 aromatic carbocycles. The van der Waals surface area contributed by atoms with Crippen molar-refractivity contribution in [3.63, 3.8) is 0 Å².